The van der Waals surface area contributed by atoms with E-state index in [1.54, 1.807) is 6.20 Å². The Morgan fingerprint density at radius 2 is 2.24 bits per heavy atom. The Morgan fingerprint density at radius 1 is 1.35 bits per heavy atom. The number of nitrogens with two attached hydrogens (primary N) is 1. The number of anilines is 1. The second-order valence-electron chi connectivity index (χ2n) is 3.33. The van der Waals surface area contributed by atoms with Gasteiger partial charge in [-0.3, -0.25) is 14.8 Å². The molecule has 17 heavy (non-hydrogen) atoms. The fourth-order valence-electron chi connectivity index (χ4n) is 1.25. The number of carbonyl (C=O) groups is 1. The van der Waals surface area contributed by atoms with Gasteiger partial charge < -0.3 is 11.1 Å². The van der Waals surface area contributed by atoms with E-state index in [1.807, 2.05) is 18.2 Å². The summed E-state index contributed by atoms with van der Waals surface area (Å²) in [5.41, 5.74) is 6.12. The van der Waals surface area contributed by atoms with Crippen molar-refractivity contribution < 1.29 is 4.79 Å². The monoisotopic (exact) mass is 229 g/mol. The molecule has 2 rings (SSSR count). The zero-order valence-electron chi connectivity index (χ0n) is 9.00. The van der Waals surface area contributed by atoms with E-state index < -0.39 is 5.91 Å². The summed E-state index contributed by atoms with van der Waals surface area (Å²) >= 11 is 0. The number of rotatable bonds is 4. The van der Waals surface area contributed by atoms with Crippen molar-refractivity contribution in [2.75, 3.05) is 5.32 Å². The summed E-state index contributed by atoms with van der Waals surface area (Å²) in [4.78, 5) is 22.9. The highest BCUT2D eigenvalue weighted by Crippen LogP contribution is 2.03. The van der Waals surface area contributed by atoms with Crippen molar-refractivity contribution in [3.63, 3.8) is 0 Å². The van der Waals surface area contributed by atoms with Crippen LogP contribution in [-0.2, 0) is 6.54 Å². The Morgan fingerprint density at radius 3 is 2.94 bits per heavy atom. The van der Waals surface area contributed by atoms with Crippen molar-refractivity contribution in [3.8, 4) is 0 Å². The van der Waals surface area contributed by atoms with Crippen LogP contribution >= 0.6 is 0 Å². The maximum absolute atomic E-state index is 10.9. The molecule has 0 saturated carbocycles. The standard InChI is InChI=1S/C11H11N5O/c12-11(17)9-6-13-7-10(16-9)15-5-8-3-1-2-4-14-8/h1-4,6-7H,5H2,(H2,12,17)(H,15,16). The third kappa shape index (κ3) is 2.97. The molecule has 0 aliphatic carbocycles. The lowest BCUT2D eigenvalue weighted by Crippen LogP contribution is -2.14. The molecule has 1 amide bonds. The molecule has 2 aromatic rings. The summed E-state index contributed by atoms with van der Waals surface area (Å²) in [5, 5.41) is 3.01. The third-order valence-electron chi connectivity index (χ3n) is 2.06. The van der Waals surface area contributed by atoms with Gasteiger partial charge in [-0.2, -0.15) is 0 Å². The molecule has 0 aliphatic heterocycles. The van der Waals surface area contributed by atoms with E-state index in [-0.39, 0.29) is 5.69 Å². The van der Waals surface area contributed by atoms with Crippen molar-refractivity contribution in [3.05, 3.63) is 48.2 Å². The smallest absolute Gasteiger partial charge is 0.268 e. The van der Waals surface area contributed by atoms with Crippen molar-refractivity contribution >= 4 is 11.7 Å². The number of aromatic nitrogens is 3. The molecule has 86 valence electrons. The van der Waals surface area contributed by atoms with Crippen LogP contribution in [0, 0.1) is 0 Å². The highest BCUT2D eigenvalue weighted by molar-refractivity contribution is 5.90. The minimum absolute atomic E-state index is 0.135. The molecular formula is C11H11N5O. The second-order valence-corrected chi connectivity index (χ2v) is 3.33. The highest BCUT2D eigenvalue weighted by Gasteiger charge is 2.03. The number of hydrogen-bond acceptors (Lipinski definition) is 5. The Kier molecular flexibility index (Phi) is 3.25. The van der Waals surface area contributed by atoms with Gasteiger partial charge in [0.1, 0.15) is 11.5 Å². The minimum Gasteiger partial charge on any atom is -0.364 e. The van der Waals surface area contributed by atoms with E-state index in [2.05, 4.69) is 20.3 Å². The first-order valence-corrected chi connectivity index (χ1v) is 5.01. The van der Waals surface area contributed by atoms with Gasteiger partial charge >= 0.3 is 0 Å². The highest BCUT2D eigenvalue weighted by atomic mass is 16.1. The lowest BCUT2D eigenvalue weighted by Gasteiger charge is -2.04. The quantitative estimate of drug-likeness (QED) is 0.799. The summed E-state index contributed by atoms with van der Waals surface area (Å²) in [6.45, 7) is 0.512. The molecule has 0 atom stereocenters. The van der Waals surface area contributed by atoms with Crippen LogP contribution in [0.5, 0.6) is 0 Å². The Hall–Kier alpha value is -2.50. The number of carbonyl (C=O) groups excluding carboxylic acids is 1. The molecule has 0 aromatic carbocycles. The molecule has 6 nitrogen and oxygen atoms in total. The van der Waals surface area contributed by atoms with Gasteiger partial charge in [-0.15, -0.1) is 0 Å². The average Bonchev–Trinajstić information content (AvgIpc) is 2.38. The van der Waals surface area contributed by atoms with Gasteiger partial charge in [-0.1, -0.05) is 6.07 Å². The summed E-state index contributed by atoms with van der Waals surface area (Å²) in [6, 6.07) is 5.63. The van der Waals surface area contributed by atoms with Gasteiger partial charge in [0, 0.05) is 6.20 Å². The lowest BCUT2D eigenvalue weighted by atomic mass is 10.3. The SMILES string of the molecule is NC(=O)c1cncc(NCc2ccccn2)n1. The van der Waals surface area contributed by atoms with Gasteiger partial charge in [0.2, 0.25) is 0 Å². The van der Waals surface area contributed by atoms with Gasteiger partial charge in [0.05, 0.1) is 24.6 Å². The molecule has 0 fully saturated rings. The van der Waals surface area contributed by atoms with E-state index >= 15 is 0 Å². The zero-order valence-corrected chi connectivity index (χ0v) is 9.00. The fraction of sp³-hybridized carbons (Fsp3) is 0.0909. The molecule has 6 heteroatoms. The van der Waals surface area contributed by atoms with Crippen LogP contribution in [0.25, 0.3) is 0 Å². The molecule has 2 aromatic heterocycles. The Bertz CT molecular complexity index is 514. The molecule has 0 radical (unpaired) electrons. The number of nitrogens with zero attached hydrogens (tertiary/aromatic N) is 3. The van der Waals surface area contributed by atoms with Crippen LogP contribution in [0.15, 0.2) is 36.8 Å². The molecule has 2 heterocycles. The van der Waals surface area contributed by atoms with Gasteiger partial charge in [0.15, 0.2) is 0 Å². The summed E-state index contributed by atoms with van der Waals surface area (Å²) in [5.74, 6) is -0.106. The van der Waals surface area contributed by atoms with Crippen LogP contribution in [0.3, 0.4) is 0 Å². The number of nitrogens with one attached hydrogen (secondary N) is 1. The number of amides is 1. The number of primary amides is 1. The Balaban J connectivity index is 2.04. The molecule has 0 unspecified atom stereocenters. The fourth-order valence-corrected chi connectivity index (χ4v) is 1.25. The van der Waals surface area contributed by atoms with Crippen LogP contribution in [0.2, 0.25) is 0 Å². The predicted octanol–water partition coefficient (Wildman–Crippen LogP) is 0.583. The minimum atomic E-state index is -0.598. The summed E-state index contributed by atoms with van der Waals surface area (Å²) < 4.78 is 0. The summed E-state index contributed by atoms with van der Waals surface area (Å²) in [7, 11) is 0. The van der Waals surface area contributed by atoms with Gasteiger partial charge in [-0.05, 0) is 12.1 Å². The van der Waals surface area contributed by atoms with E-state index in [0.29, 0.717) is 12.4 Å². The second kappa shape index (κ2) is 5.02. The van der Waals surface area contributed by atoms with Crippen LogP contribution in [0.1, 0.15) is 16.2 Å². The van der Waals surface area contributed by atoms with Crippen molar-refractivity contribution in [1.82, 2.24) is 15.0 Å². The molecule has 0 bridgehead atoms. The first-order valence-electron chi connectivity index (χ1n) is 5.01. The first-order chi connectivity index (χ1) is 8.25. The number of hydrogen-bond donors (Lipinski definition) is 2. The van der Waals surface area contributed by atoms with E-state index in [0.717, 1.165) is 5.69 Å². The molecule has 0 aliphatic rings. The van der Waals surface area contributed by atoms with Crippen LogP contribution < -0.4 is 11.1 Å². The zero-order chi connectivity index (χ0) is 12.1. The summed E-state index contributed by atoms with van der Waals surface area (Å²) in [6.07, 6.45) is 4.56. The average molecular weight is 229 g/mol. The molecule has 0 saturated heterocycles. The Labute approximate surface area is 97.9 Å². The van der Waals surface area contributed by atoms with Gasteiger partial charge in [0.25, 0.3) is 5.91 Å². The molecular weight excluding hydrogens is 218 g/mol. The normalized spacial score (nSPS) is 9.88. The van der Waals surface area contributed by atoms with E-state index in [4.69, 9.17) is 5.73 Å². The van der Waals surface area contributed by atoms with Crippen molar-refractivity contribution in [2.24, 2.45) is 5.73 Å². The largest absolute Gasteiger partial charge is 0.364 e. The van der Waals surface area contributed by atoms with Crippen molar-refractivity contribution in [1.29, 1.82) is 0 Å². The number of pyridine rings is 1. The lowest BCUT2D eigenvalue weighted by molar-refractivity contribution is 0.0995. The predicted molar refractivity (Wildman–Crippen MR) is 62.1 cm³/mol. The maximum Gasteiger partial charge on any atom is 0.268 e. The van der Waals surface area contributed by atoms with Crippen molar-refractivity contribution in [2.45, 2.75) is 6.54 Å². The first kappa shape index (κ1) is 11.0. The third-order valence-corrected chi connectivity index (χ3v) is 2.06. The molecule has 0 spiro atoms. The van der Waals surface area contributed by atoms with Crippen LogP contribution in [-0.4, -0.2) is 20.9 Å². The molecule has 3 N–H and O–H groups in total. The van der Waals surface area contributed by atoms with Gasteiger partial charge in [-0.25, -0.2) is 4.98 Å². The topological polar surface area (TPSA) is 93.8 Å². The van der Waals surface area contributed by atoms with E-state index in [9.17, 15) is 4.79 Å². The van der Waals surface area contributed by atoms with E-state index in [1.165, 1.54) is 12.4 Å². The van der Waals surface area contributed by atoms with Crippen LogP contribution in [0.4, 0.5) is 5.82 Å². The maximum atomic E-state index is 10.9.